The summed E-state index contributed by atoms with van der Waals surface area (Å²) in [5.41, 5.74) is -0.689. The van der Waals surface area contributed by atoms with Crippen LogP contribution in [0.1, 0.15) is 18.5 Å². The third-order valence-corrected chi connectivity index (χ3v) is 1.91. The first-order valence-corrected chi connectivity index (χ1v) is 3.97. The molecule has 4 nitrogen and oxygen atoms in total. The van der Waals surface area contributed by atoms with Crippen LogP contribution >= 0.6 is 0 Å². The van der Waals surface area contributed by atoms with Crippen molar-refractivity contribution in [2.45, 2.75) is 13.0 Å². The van der Waals surface area contributed by atoms with E-state index < -0.39 is 28.3 Å². The summed E-state index contributed by atoms with van der Waals surface area (Å²) < 4.78 is 25.5. The Bertz CT molecular complexity index is 454. The van der Waals surface area contributed by atoms with Gasteiger partial charge in [-0.15, -0.1) is 0 Å². The highest BCUT2D eigenvalue weighted by Crippen LogP contribution is 2.29. The van der Waals surface area contributed by atoms with E-state index >= 15 is 0 Å². The van der Waals surface area contributed by atoms with Crippen LogP contribution in [0.3, 0.4) is 0 Å². The lowest BCUT2D eigenvalue weighted by Gasteiger charge is -2.02. The highest BCUT2D eigenvalue weighted by molar-refractivity contribution is 5.43. The Morgan fingerprint density at radius 2 is 2.00 bits per heavy atom. The maximum Gasteiger partial charge on any atom is 0.283 e. The van der Waals surface area contributed by atoms with Crippen molar-refractivity contribution in [1.82, 2.24) is 0 Å². The maximum atomic E-state index is 12.8. The first-order chi connectivity index (χ1) is 6.97. The van der Waals surface area contributed by atoms with E-state index in [0.717, 1.165) is 0 Å². The minimum atomic E-state index is -1.29. The van der Waals surface area contributed by atoms with Crippen molar-refractivity contribution >= 4 is 5.69 Å². The molecule has 1 aromatic rings. The maximum absolute atomic E-state index is 12.8. The van der Waals surface area contributed by atoms with Gasteiger partial charge in [0, 0.05) is 6.92 Å². The highest BCUT2D eigenvalue weighted by Gasteiger charge is 2.25. The van der Waals surface area contributed by atoms with Crippen LogP contribution in [0, 0.1) is 28.3 Å². The predicted molar refractivity (Wildman–Crippen MR) is 48.0 cm³/mol. The fourth-order valence-corrected chi connectivity index (χ4v) is 1.11. The summed E-state index contributed by atoms with van der Waals surface area (Å²) in [6.45, 7) is 8.08. The van der Waals surface area contributed by atoms with Gasteiger partial charge in [0.05, 0.1) is 11.0 Å². The van der Waals surface area contributed by atoms with E-state index in [2.05, 4.69) is 4.85 Å². The SMILES string of the molecule is [C-]#[N+]C(C)c1cc(F)c(F)cc1[N+](=O)[O-]. The van der Waals surface area contributed by atoms with Gasteiger partial charge in [0.1, 0.15) is 5.56 Å². The second-order valence-electron chi connectivity index (χ2n) is 2.89. The molecule has 0 fully saturated rings. The monoisotopic (exact) mass is 212 g/mol. The third-order valence-electron chi connectivity index (χ3n) is 1.91. The molecule has 0 spiro atoms. The summed E-state index contributed by atoms with van der Waals surface area (Å²) in [5.74, 6) is -2.48. The van der Waals surface area contributed by atoms with Gasteiger partial charge in [-0.25, -0.2) is 15.4 Å². The van der Waals surface area contributed by atoms with E-state index in [1.54, 1.807) is 0 Å². The van der Waals surface area contributed by atoms with Gasteiger partial charge in [0.15, 0.2) is 11.6 Å². The first kappa shape index (κ1) is 11.0. The number of nitrogens with zero attached hydrogens (tertiary/aromatic N) is 2. The molecule has 0 heterocycles. The van der Waals surface area contributed by atoms with E-state index in [0.29, 0.717) is 12.1 Å². The van der Waals surface area contributed by atoms with Gasteiger partial charge in [0.25, 0.3) is 11.7 Å². The van der Waals surface area contributed by atoms with Gasteiger partial charge in [-0.2, -0.15) is 0 Å². The van der Waals surface area contributed by atoms with Crippen LogP contribution in [-0.2, 0) is 0 Å². The summed E-state index contributed by atoms with van der Waals surface area (Å²) in [6.07, 6.45) is 0. The molecule has 0 aliphatic rings. The third kappa shape index (κ3) is 2.07. The Morgan fingerprint density at radius 1 is 1.47 bits per heavy atom. The van der Waals surface area contributed by atoms with E-state index in [4.69, 9.17) is 6.57 Å². The molecule has 1 unspecified atom stereocenters. The van der Waals surface area contributed by atoms with Crippen LogP contribution in [-0.4, -0.2) is 4.92 Å². The Balaban J connectivity index is 3.43. The molecule has 0 aliphatic heterocycles. The minimum Gasteiger partial charge on any atom is -0.309 e. The number of rotatable bonds is 2. The Kier molecular flexibility index (Phi) is 2.95. The highest BCUT2D eigenvalue weighted by atomic mass is 19.2. The van der Waals surface area contributed by atoms with Crippen LogP contribution in [0.2, 0.25) is 0 Å². The summed E-state index contributed by atoms with van der Waals surface area (Å²) >= 11 is 0. The van der Waals surface area contributed by atoms with Gasteiger partial charge >= 0.3 is 0 Å². The number of hydrogen-bond donors (Lipinski definition) is 0. The minimum absolute atomic E-state index is 0.117. The summed E-state index contributed by atoms with van der Waals surface area (Å²) in [6, 6.07) is 0.309. The molecule has 1 rings (SSSR count). The molecule has 0 saturated carbocycles. The fourth-order valence-electron chi connectivity index (χ4n) is 1.11. The average Bonchev–Trinajstić information content (AvgIpc) is 2.20. The van der Waals surface area contributed by atoms with E-state index in [1.165, 1.54) is 6.92 Å². The number of hydrogen-bond acceptors (Lipinski definition) is 2. The van der Waals surface area contributed by atoms with Gasteiger partial charge in [-0.3, -0.25) is 10.1 Å². The Morgan fingerprint density at radius 3 is 2.47 bits per heavy atom. The molecule has 0 saturated heterocycles. The van der Waals surface area contributed by atoms with Crippen molar-refractivity contribution in [3.8, 4) is 0 Å². The quantitative estimate of drug-likeness (QED) is 0.430. The molecule has 15 heavy (non-hydrogen) atoms. The Hall–Kier alpha value is -2.03. The normalized spacial score (nSPS) is 11.9. The molecule has 78 valence electrons. The van der Waals surface area contributed by atoms with Crippen molar-refractivity contribution in [2.75, 3.05) is 0 Å². The van der Waals surface area contributed by atoms with Crippen LogP contribution in [0.4, 0.5) is 14.5 Å². The zero-order valence-corrected chi connectivity index (χ0v) is 7.70. The van der Waals surface area contributed by atoms with E-state index in [-0.39, 0.29) is 5.56 Å². The fraction of sp³-hybridized carbons (Fsp3) is 0.222. The van der Waals surface area contributed by atoms with Gasteiger partial charge in [0.2, 0.25) is 0 Å². The largest absolute Gasteiger partial charge is 0.309 e. The average molecular weight is 212 g/mol. The molecule has 6 heteroatoms. The van der Waals surface area contributed by atoms with Crippen LogP contribution in [0.25, 0.3) is 4.85 Å². The molecule has 0 N–H and O–H groups in total. The van der Waals surface area contributed by atoms with Crippen molar-refractivity contribution in [3.63, 3.8) is 0 Å². The molecule has 0 aliphatic carbocycles. The molecule has 1 atom stereocenters. The van der Waals surface area contributed by atoms with Crippen molar-refractivity contribution in [3.05, 3.63) is 50.9 Å². The summed E-state index contributed by atoms with van der Waals surface area (Å²) in [5, 5.41) is 10.5. The molecular formula is C9H6F2N2O2. The zero-order chi connectivity index (χ0) is 11.6. The van der Waals surface area contributed by atoms with Crippen molar-refractivity contribution in [1.29, 1.82) is 0 Å². The Labute approximate surface area is 84.1 Å². The van der Waals surface area contributed by atoms with Crippen molar-refractivity contribution in [2.24, 2.45) is 0 Å². The van der Waals surface area contributed by atoms with Crippen molar-refractivity contribution < 1.29 is 13.7 Å². The lowest BCUT2D eigenvalue weighted by molar-refractivity contribution is -0.385. The summed E-state index contributed by atoms with van der Waals surface area (Å²) in [4.78, 5) is 12.7. The second kappa shape index (κ2) is 4.00. The molecular weight excluding hydrogens is 206 g/mol. The predicted octanol–water partition coefficient (Wildman–Crippen LogP) is 2.85. The lowest BCUT2D eigenvalue weighted by atomic mass is 10.1. The van der Waals surface area contributed by atoms with Crippen LogP contribution in [0.15, 0.2) is 12.1 Å². The molecule has 0 bridgehead atoms. The summed E-state index contributed by atoms with van der Waals surface area (Å²) in [7, 11) is 0. The lowest BCUT2D eigenvalue weighted by Crippen LogP contribution is -2.00. The number of nitro benzene ring substituents is 1. The molecule has 0 aromatic heterocycles. The topological polar surface area (TPSA) is 47.5 Å². The van der Waals surface area contributed by atoms with Gasteiger partial charge < -0.3 is 4.85 Å². The molecule has 1 aromatic carbocycles. The van der Waals surface area contributed by atoms with Crippen LogP contribution in [0.5, 0.6) is 0 Å². The molecule has 0 amide bonds. The van der Waals surface area contributed by atoms with Gasteiger partial charge in [-0.1, -0.05) is 0 Å². The smallest absolute Gasteiger partial charge is 0.283 e. The second-order valence-corrected chi connectivity index (χ2v) is 2.89. The van der Waals surface area contributed by atoms with E-state index in [1.807, 2.05) is 0 Å². The number of nitro groups is 1. The van der Waals surface area contributed by atoms with Crippen LogP contribution < -0.4 is 0 Å². The number of benzene rings is 1. The van der Waals surface area contributed by atoms with E-state index in [9.17, 15) is 18.9 Å². The zero-order valence-electron chi connectivity index (χ0n) is 7.70. The first-order valence-electron chi connectivity index (χ1n) is 3.97. The standard InChI is InChI=1S/C9H6F2N2O2/c1-5(12-2)6-3-7(10)8(11)4-9(6)13(14)15/h3-5H,1H3. The van der Waals surface area contributed by atoms with Gasteiger partial charge in [-0.05, 0) is 6.07 Å². The number of halogens is 2. The molecule has 0 radical (unpaired) electrons.